The van der Waals surface area contributed by atoms with Gasteiger partial charge in [-0.3, -0.25) is 14.2 Å². The number of rotatable bonds is 8. The van der Waals surface area contributed by atoms with E-state index in [0.29, 0.717) is 17.9 Å². The molecule has 2 heterocycles. The zero-order chi connectivity index (χ0) is 29.9. The number of benzene rings is 4. The molecule has 0 bridgehead atoms. The first-order valence-corrected chi connectivity index (χ1v) is 14.4. The Bertz CT molecular complexity index is 1790. The summed E-state index contributed by atoms with van der Waals surface area (Å²) in [5.41, 5.74) is 5.79. The highest BCUT2D eigenvalue weighted by molar-refractivity contribution is 6.04. The van der Waals surface area contributed by atoms with Crippen molar-refractivity contribution in [3.63, 3.8) is 0 Å². The predicted molar refractivity (Wildman–Crippen MR) is 167 cm³/mol. The minimum atomic E-state index is -0.311. The van der Waals surface area contributed by atoms with Gasteiger partial charge in [0.25, 0.3) is 5.91 Å². The molecule has 0 unspecified atom stereocenters. The van der Waals surface area contributed by atoms with Gasteiger partial charge < -0.3 is 19.1 Å². The summed E-state index contributed by atoms with van der Waals surface area (Å²) < 4.78 is 19.4. The first-order chi connectivity index (χ1) is 20.9. The fourth-order valence-corrected chi connectivity index (χ4v) is 5.65. The molecule has 0 amide bonds. The Morgan fingerprint density at radius 2 is 1.70 bits per heavy atom. The fraction of sp³-hybridized carbons (Fsp3) is 0.222. The zero-order valence-corrected chi connectivity index (χ0v) is 24.6. The minimum absolute atomic E-state index is 0.111. The second kappa shape index (κ2) is 12.1. The SMILES string of the molecule is Cc1cc(OC[C@@H]2CN(C)c3ccccc3O2)ccc1C(=O)n1c(C)cc2c(CC(=O)OCc3ccccc3)cccc21. The molecule has 0 radical (unpaired) electrons. The molecular weight excluding hydrogens is 540 g/mol. The van der Waals surface area contributed by atoms with E-state index in [0.717, 1.165) is 51.3 Å². The lowest BCUT2D eigenvalue weighted by Gasteiger charge is -2.33. The maximum absolute atomic E-state index is 13.8. The van der Waals surface area contributed by atoms with Gasteiger partial charge in [-0.15, -0.1) is 0 Å². The lowest BCUT2D eigenvalue weighted by Crippen LogP contribution is -2.41. The number of aryl methyl sites for hydroxylation is 2. The Hall–Kier alpha value is -5.04. The summed E-state index contributed by atoms with van der Waals surface area (Å²) in [5, 5.41) is 0.863. The van der Waals surface area contributed by atoms with Crippen molar-refractivity contribution in [2.75, 3.05) is 25.1 Å². The second-order valence-corrected chi connectivity index (χ2v) is 11.0. The van der Waals surface area contributed by atoms with E-state index < -0.39 is 0 Å². The number of para-hydroxylation sites is 2. The molecule has 0 saturated heterocycles. The number of anilines is 1. The summed E-state index contributed by atoms with van der Waals surface area (Å²) in [7, 11) is 2.05. The molecule has 0 aliphatic carbocycles. The van der Waals surface area contributed by atoms with Gasteiger partial charge in [-0.25, -0.2) is 0 Å². The van der Waals surface area contributed by atoms with Gasteiger partial charge in [-0.1, -0.05) is 54.6 Å². The first-order valence-electron chi connectivity index (χ1n) is 14.4. The van der Waals surface area contributed by atoms with Crippen LogP contribution in [0.1, 0.15) is 32.7 Å². The van der Waals surface area contributed by atoms with Crippen molar-refractivity contribution in [2.24, 2.45) is 0 Å². The van der Waals surface area contributed by atoms with E-state index >= 15 is 0 Å². The Morgan fingerprint density at radius 3 is 2.51 bits per heavy atom. The maximum Gasteiger partial charge on any atom is 0.310 e. The zero-order valence-electron chi connectivity index (χ0n) is 24.6. The molecule has 0 fully saturated rings. The van der Waals surface area contributed by atoms with Crippen LogP contribution in [0.4, 0.5) is 5.69 Å². The molecule has 1 aliphatic heterocycles. The summed E-state index contributed by atoms with van der Waals surface area (Å²) >= 11 is 0. The molecule has 4 aromatic carbocycles. The molecule has 218 valence electrons. The molecule has 0 saturated carbocycles. The highest BCUT2D eigenvalue weighted by atomic mass is 16.5. The topological polar surface area (TPSA) is 70.0 Å². The van der Waals surface area contributed by atoms with Crippen LogP contribution in [0.25, 0.3) is 10.9 Å². The maximum atomic E-state index is 13.8. The van der Waals surface area contributed by atoms with Crippen molar-refractivity contribution < 1.29 is 23.8 Å². The van der Waals surface area contributed by atoms with Crippen LogP contribution in [0, 0.1) is 13.8 Å². The average molecular weight is 575 g/mol. The van der Waals surface area contributed by atoms with E-state index in [-0.39, 0.29) is 31.0 Å². The minimum Gasteiger partial charge on any atom is -0.490 e. The number of aromatic nitrogens is 1. The van der Waals surface area contributed by atoms with Crippen LogP contribution in [-0.2, 0) is 22.6 Å². The summed E-state index contributed by atoms with van der Waals surface area (Å²) in [6.07, 6.45) is 0.0131. The summed E-state index contributed by atoms with van der Waals surface area (Å²) in [6.45, 7) is 5.16. The van der Waals surface area contributed by atoms with Crippen molar-refractivity contribution in [3.05, 3.63) is 125 Å². The van der Waals surface area contributed by atoms with Crippen molar-refractivity contribution in [1.82, 2.24) is 4.57 Å². The van der Waals surface area contributed by atoms with E-state index in [1.165, 1.54) is 0 Å². The Morgan fingerprint density at radius 1 is 0.907 bits per heavy atom. The van der Waals surface area contributed by atoms with Gasteiger partial charge in [0.2, 0.25) is 0 Å². The highest BCUT2D eigenvalue weighted by Gasteiger charge is 2.24. The van der Waals surface area contributed by atoms with Gasteiger partial charge in [-0.05, 0) is 73.0 Å². The van der Waals surface area contributed by atoms with Crippen LogP contribution >= 0.6 is 0 Å². The molecule has 43 heavy (non-hydrogen) atoms. The highest BCUT2D eigenvalue weighted by Crippen LogP contribution is 2.32. The first kappa shape index (κ1) is 28.1. The number of ether oxygens (including phenoxy) is 3. The third-order valence-corrected chi connectivity index (χ3v) is 7.81. The molecule has 1 aliphatic rings. The van der Waals surface area contributed by atoms with Gasteiger partial charge in [0.15, 0.2) is 0 Å². The van der Waals surface area contributed by atoms with E-state index in [9.17, 15) is 9.59 Å². The summed E-state index contributed by atoms with van der Waals surface area (Å²) in [4.78, 5) is 28.7. The second-order valence-electron chi connectivity index (χ2n) is 11.0. The third kappa shape index (κ3) is 5.97. The van der Waals surface area contributed by atoms with Crippen molar-refractivity contribution in [1.29, 1.82) is 0 Å². The van der Waals surface area contributed by atoms with Gasteiger partial charge >= 0.3 is 5.97 Å². The van der Waals surface area contributed by atoms with E-state index in [1.54, 1.807) is 4.57 Å². The van der Waals surface area contributed by atoms with Crippen LogP contribution in [0.3, 0.4) is 0 Å². The number of likely N-dealkylation sites (N-methyl/N-ethyl adjacent to an activating group) is 1. The van der Waals surface area contributed by atoms with Crippen LogP contribution in [0.2, 0.25) is 0 Å². The van der Waals surface area contributed by atoms with Gasteiger partial charge in [0.05, 0.1) is 24.2 Å². The Kier molecular flexibility index (Phi) is 7.88. The molecule has 0 spiro atoms. The Balaban J connectivity index is 1.15. The fourth-order valence-electron chi connectivity index (χ4n) is 5.65. The van der Waals surface area contributed by atoms with Gasteiger partial charge in [0.1, 0.15) is 30.8 Å². The number of carbonyl (C=O) groups is 2. The molecule has 1 aromatic heterocycles. The molecule has 6 rings (SSSR count). The van der Waals surface area contributed by atoms with E-state index in [4.69, 9.17) is 14.2 Å². The molecule has 5 aromatic rings. The summed E-state index contributed by atoms with van der Waals surface area (Å²) in [5.74, 6) is 1.09. The van der Waals surface area contributed by atoms with E-state index in [1.807, 2.05) is 118 Å². The van der Waals surface area contributed by atoms with Crippen LogP contribution in [0.15, 0.2) is 97.1 Å². The van der Waals surface area contributed by atoms with E-state index in [2.05, 4.69) is 4.90 Å². The van der Waals surface area contributed by atoms with Crippen molar-refractivity contribution >= 4 is 28.5 Å². The molecule has 7 heteroatoms. The number of hydrogen-bond donors (Lipinski definition) is 0. The predicted octanol–water partition coefficient (Wildman–Crippen LogP) is 6.51. The quantitative estimate of drug-likeness (QED) is 0.197. The third-order valence-electron chi connectivity index (χ3n) is 7.81. The largest absolute Gasteiger partial charge is 0.490 e. The lowest BCUT2D eigenvalue weighted by atomic mass is 10.1. The number of esters is 1. The molecular formula is C36H34N2O5. The summed E-state index contributed by atoms with van der Waals surface area (Å²) in [6, 6.07) is 30.8. The normalized spacial score (nSPS) is 14.2. The van der Waals surface area contributed by atoms with Gasteiger partial charge in [-0.2, -0.15) is 0 Å². The lowest BCUT2D eigenvalue weighted by molar-refractivity contribution is -0.144. The Labute approximate surface area is 251 Å². The van der Waals surface area contributed by atoms with Gasteiger partial charge in [0, 0.05) is 23.7 Å². The van der Waals surface area contributed by atoms with Crippen LogP contribution < -0.4 is 14.4 Å². The molecule has 1 atom stereocenters. The number of hydrogen-bond acceptors (Lipinski definition) is 6. The molecule has 0 N–H and O–H groups in total. The monoisotopic (exact) mass is 574 g/mol. The smallest absolute Gasteiger partial charge is 0.310 e. The average Bonchev–Trinajstić information content (AvgIpc) is 3.36. The van der Waals surface area contributed by atoms with Crippen LogP contribution in [-0.4, -0.2) is 42.7 Å². The van der Waals surface area contributed by atoms with Crippen molar-refractivity contribution in [3.8, 4) is 11.5 Å². The number of carbonyl (C=O) groups excluding carboxylic acids is 2. The standard InChI is InChI=1S/C36H34N2O5/c1-24-18-28(41-23-29-21-37(3)33-13-7-8-15-34(33)43-29)16-17-30(24)36(40)38-25(2)19-31-27(12-9-14-32(31)38)20-35(39)42-22-26-10-5-4-6-11-26/h4-19,29H,20-23H2,1-3H3/t29-/m0/s1. The molecule has 7 nitrogen and oxygen atoms in total. The number of fused-ring (bicyclic) bond motifs is 2. The van der Waals surface area contributed by atoms with Crippen LogP contribution in [0.5, 0.6) is 11.5 Å². The number of nitrogens with zero attached hydrogens (tertiary/aromatic N) is 2. The van der Waals surface area contributed by atoms with Crippen molar-refractivity contribution in [2.45, 2.75) is 33.0 Å².